The van der Waals surface area contributed by atoms with Gasteiger partial charge in [0.2, 0.25) is 17.6 Å². The molecule has 1 saturated heterocycles. The number of likely N-dealkylation sites (tertiary alicyclic amines) is 1. The Balaban J connectivity index is 1.68. The molecule has 0 aliphatic carbocycles. The summed E-state index contributed by atoms with van der Waals surface area (Å²) in [5.41, 5.74) is 2.72. The quantitative estimate of drug-likeness (QED) is 0.737. The van der Waals surface area contributed by atoms with Crippen molar-refractivity contribution in [3.63, 3.8) is 0 Å². The molecule has 0 saturated carbocycles. The predicted molar refractivity (Wildman–Crippen MR) is 96.4 cm³/mol. The third-order valence-corrected chi connectivity index (χ3v) is 4.79. The average Bonchev–Trinajstić information content (AvgIpc) is 3.01. The lowest BCUT2D eigenvalue weighted by Gasteiger charge is -2.34. The first-order valence-corrected chi connectivity index (χ1v) is 9.31. The lowest BCUT2D eigenvalue weighted by Crippen LogP contribution is -2.52. The molecule has 1 amide bonds. The van der Waals surface area contributed by atoms with Crippen molar-refractivity contribution in [1.82, 2.24) is 15.0 Å². The van der Waals surface area contributed by atoms with Gasteiger partial charge in [0.1, 0.15) is 11.9 Å². The highest BCUT2D eigenvalue weighted by atomic mass is 32.2. The van der Waals surface area contributed by atoms with Crippen LogP contribution < -0.4 is 0 Å². The fourth-order valence-electron chi connectivity index (χ4n) is 2.53. The van der Waals surface area contributed by atoms with Crippen LogP contribution in [0.1, 0.15) is 23.6 Å². The Hall–Kier alpha value is -2.35. The van der Waals surface area contributed by atoms with Gasteiger partial charge in [0, 0.05) is 12.5 Å². The maximum atomic E-state index is 12.7. The van der Waals surface area contributed by atoms with Gasteiger partial charge < -0.3 is 14.3 Å². The van der Waals surface area contributed by atoms with Crippen molar-refractivity contribution < 1.29 is 14.2 Å². The van der Waals surface area contributed by atoms with Gasteiger partial charge in [-0.2, -0.15) is 4.98 Å². The molecule has 8 heteroatoms. The molecule has 3 rings (SSSR count). The minimum Gasteiger partial charge on any atom is -0.396 e. The second-order valence-corrected chi connectivity index (χ2v) is 6.59. The molecule has 25 heavy (non-hydrogen) atoms. The zero-order chi connectivity index (χ0) is 17.8. The number of hydrogen-bond donors (Lipinski definition) is 0. The van der Waals surface area contributed by atoms with Crippen LogP contribution in [-0.4, -0.2) is 52.6 Å². The summed E-state index contributed by atoms with van der Waals surface area (Å²) in [6, 6.07) is 7.70. The topological polar surface area (TPSA) is 80.8 Å². The molecule has 1 aliphatic rings. The molecule has 1 aliphatic heterocycles. The number of rotatable bonds is 6. The van der Waals surface area contributed by atoms with Crippen LogP contribution in [0.25, 0.3) is 11.4 Å². The maximum Gasteiger partial charge on any atom is 0.240 e. The number of oxime groups is 1. The van der Waals surface area contributed by atoms with E-state index in [1.165, 1.54) is 11.8 Å². The van der Waals surface area contributed by atoms with Gasteiger partial charge in [-0.15, -0.1) is 11.8 Å². The maximum absolute atomic E-state index is 12.7. The molecule has 2 aromatic rings. The zero-order valence-electron chi connectivity index (χ0n) is 14.4. The summed E-state index contributed by atoms with van der Waals surface area (Å²) >= 11 is 1.52. The van der Waals surface area contributed by atoms with Crippen molar-refractivity contribution in [1.29, 1.82) is 0 Å². The van der Waals surface area contributed by atoms with E-state index < -0.39 is 0 Å². The van der Waals surface area contributed by atoms with E-state index in [1.807, 2.05) is 37.4 Å². The van der Waals surface area contributed by atoms with Crippen LogP contribution in [0, 0.1) is 6.92 Å². The minimum atomic E-state index is -0.241. The van der Waals surface area contributed by atoms with Crippen molar-refractivity contribution >= 4 is 23.4 Å². The summed E-state index contributed by atoms with van der Waals surface area (Å²) < 4.78 is 5.00. The Morgan fingerprint density at radius 2 is 2.12 bits per heavy atom. The molecule has 0 N–H and O–H groups in total. The highest BCUT2D eigenvalue weighted by molar-refractivity contribution is 7.99. The molecule has 0 bridgehead atoms. The first-order chi connectivity index (χ1) is 12.1. The number of benzene rings is 1. The number of aryl methyl sites for hydroxylation is 1. The Morgan fingerprint density at radius 3 is 2.68 bits per heavy atom. The van der Waals surface area contributed by atoms with Gasteiger partial charge in [-0.1, -0.05) is 34.6 Å². The third-order valence-electron chi connectivity index (χ3n) is 3.84. The third kappa shape index (κ3) is 3.84. The molecule has 0 radical (unpaired) electrons. The first kappa shape index (κ1) is 17.5. The lowest BCUT2D eigenvalue weighted by atomic mass is 10.1. The monoisotopic (exact) mass is 360 g/mol. The fourth-order valence-corrected chi connectivity index (χ4v) is 3.31. The number of aromatic nitrogens is 2. The largest absolute Gasteiger partial charge is 0.396 e. The van der Waals surface area contributed by atoms with Crippen LogP contribution in [0.15, 0.2) is 33.9 Å². The Kier molecular flexibility index (Phi) is 5.37. The molecule has 1 atom stereocenters. The molecular weight excluding hydrogens is 340 g/mol. The molecule has 7 nitrogen and oxygen atoms in total. The van der Waals surface area contributed by atoms with Crippen molar-refractivity contribution in [3.05, 3.63) is 35.7 Å². The molecule has 1 aromatic heterocycles. The fraction of sp³-hybridized carbons (Fsp3) is 0.412. The number of thioether (sulfide) groups is 1. The van der Waals surface area contributed by atoms with E-state index in [9.17, 15) is 4.79 Å². The highest BCUT2D eigenvalue weighted by Crippen LogP contribution is 2.31. The molecule has 132 valence electrons. The van der Waals surface area contributed by atoms with E-state index >= 15 is 0 Å². The molecule has 0 spiro atoms. The van der Waals surface area contributed by atoms with Crippen molar-refractivity contribution in [2.45, 2.75) is 19.1 Å². The SMILES string of the molecule is CCON=C1CN(C(=O)C(SC)c2ccc(-c3noc(C)n3)cc2)C1. The number of carbonyl (C=O) groups excluding carboxylic acids is 1. The van der Waals surface area contributed by atoms with Crippen LogP contribution in [0.2, 0.25) is 0 Å². The van der Waals surface area contributed by atoms with Gasteiger partial charge in [-0.05, 0) is 18.7 Å². The minimum absolute atomic E-state index is 0.0890. The van der Waals surface area contributed by atoms with Crippen molar-refractivity contribution in [2.75, 3.05) is 26.0 Å². The van der Waals surface area contributed by atoms with Crippen LogP contribution in [0.5, 0.6) is 0 Å². The summed E-state index contributed by atoms with van der Waals surface area (Å²) in [5, 5.41) is 7.65. The van der Waals surface area contributed by atoms with Gasteiger partial charge >= 0.3 is 0 Å². The van der Waals surface area contributed by atoms with E-state index in [0.717, 1.165) is 16.8 Å². The van der Waals surface area contributed by atoms with Crippen LogP contribution in [0.3, 0.4) is 0 Å². The first-order valence-electron chi connectivity index (χ1n) is 8.02. The van der Waals surface area contributed by atoms with Crippen LogP contribution >= 0.6 is 11.8 Å². The molecule has 1 aromatic carbocycles. The lowest BCUT2D eigenvalue weighted by molar-refractivity contribution is -0.130. The Bertz CT molecular complexity index is 764. The number of nitrogens with zero attached hydrogens (tertiary/aromatic N) is 4. The molecule has 1 fully saturated rings. The van der Waals surface area contributed by atoms with Crippen molar-refractivity contribution in [3.8, 4) is 11.4 Å². The van der Waals surface area contributed by atoms with Crippen molar-refractivity contribution in [2.24, 2.45) is 5.16 Å². The standard InChI is InChI=1S/C17H20N4O3S/c1-4-23-19-14-9-21(10-14)17(22)15(25-3)12-5-7-13(8-6-12)16-18-11(2)24-20-16/h5-8,15H,4,9-10H2,1-3H3. The molecular formula is C17H20N4O3S. The van der Waals surface area contributed by atoms with E-state index in [1.54, 1.807) is 11.8 Å². The van der Waals surface area contributed by atoms with E-state index in [2.05, 4.69) is 15.3 Å². The summed E-state index contributed by atoms with van der Waals surface area (Å²) in [6.45, 7) is 5.25. The number of amides is 1. The zero-order valence-corrected chi connectivity index (χ0v) is 15.2. The normalized spacial score (nSPS) is 14.8. The van der Waals surface area contributed by atoms with Gasteiger partial charge in [0.05, 0.1) is 18.8 Å². The average molecular weight is 360 g/mol. The summed E-state index contributed by atoms with van der Waals surface area (Å²) in [7, 11) is 0. The number of carbonyl (C=O) groups is 1. The predicted octanol–water partition coefficient (Wildman–Crippen LogP) is 2.68. The second kappa shape index (κ2) is 7.69. The van der Waals surface area contributed by atoms with Gasteiger partial charge in [-0.25, -0.2) is 0 Å². The van der Waals surface area contributed by atoms with E-state index in [-0.39, 0.29) is 11.2 Å². The van der Waals surface area contributed by atoms with Crippen LogP contribution in [-0.2, 0) is 9.63 Å². The summed E-state index contributed by atoms with van der Waals surface area (Å²) in [4.78, 5) is 23.7. The van der Waals surface area contributed by atoms with E-state index in [0.29, 0.717) is 31.4 Å². The highest BCUT2D eigenvalue weighted by Gasteiger charge is 2.32. The summed E-state index contributed by atoms with van der Waals surface area (Å²) in [5.74, 6) is 1.17. The van der Waals surface area contributed by atoms with Gasteiger partial charge in [-0.3, -0.25) is 4.79 Å². The molecule has 1 unspecified atom stereocenters. The van der Waals surface area contributed by atoms with Crippen LogP contribution in [0.4, 0.5) is 0 Å². The number of hydrogen-bond acceptors (Lipinski definition) is 7. The molecule has 2 heterocycles. The Labute approximate surface area is 150 Å². The Morgan fingerprint density at radius 1 is 1.40 bits per heavy atom. The van der Waals surface area contributed by atoms with Gasteiger partial charge in [0.15, 0.2) is 0 Å². The van der Waals surface area contributed by atoms with E-state index in [4.69, 9.17) is 9.36 Å². The van der Waals surface area contributed by atoms with Gasteiger partial charge in [0.25, 0.3) is 0 Å². The second-order valence-electron chi connectivity index (χ2n) is 5.64. The smallest absolute Gasteiger partial charge is 0.240 e. The summed E-state index contributed by atoms with van der Waals surface area (Å²) in [6.07, 6.45) is 1.94.